The van der Waals surface area contributed by atoms with Crippen LogP contribution in [0.25, 0.3) is 0 Å². The number of hydrogen-bond donors (Lipinski definition) is 1. The molecule has 0 aliphatic carbocycles. The van der Waals surface area contributed by atoms with E-state index in [1.807, 2.05) is 0 Å². The number of carbonyl (C=O) groups excluding carboxylic acids is 2. The van der Waals surface area contributed by atoms with Gasteiger partial charge in [0.1, 0.15) is 11.3 Å². The van der Waals surface area contributed by atoms with Gasteiger partial charge >= 0.3 is 5.97 Å². The molecule has 0 aromatic heterocycles. The van der Waals surface area contributed by atoms with Gasteiger partial charge in [-0.25, -0.2) is 4.79 Å². The average molecular weight is 414 g/mol. The Balaban J connectivity index is 2.07. The van der Waals surface area contributed by atoms with Crippen molar-refractivity contribution in [2.45, 2.75) is 0 Å². The normalized spacial score (nSPS) is 10.1. The first-order valence-electron chi connectivity index (χ1n) is 7.61. The summed E-state index contributed by atoms with van der Waals surface area (Å²) in [5.41, 5.74) is 0.478. The summed E-state index contributed by atoms with van der Waals surface area (Å²) in [7, 11) is 4.29. The van der Waals surface area contributed by atoms with E-state index in [1.54, 1.807) is 0 Å². The largest absolute Gasteiger partial charge is 0.496 e. The van der Waals surface area contributed by atoms with Gasteiger partial charge < -0.3 is 24.3 Å². The molecule has 1 amide bonds. The van der Waals surface area contributed by atoms with Crippen LogP contribution in [-0.4, -0.2) is 39.8 Å². The maximum atomic E-state index is 12.3. The molecule has 144 valence electrons. The first kappa shape index (κ1) is 20.7. The number of methoxy groups -OCH3 is 3. The molecule has 7 nitrogen and oxygen atoms in total. The molecule has 0 aliphatic heterocycles. The van der Waals surface area contributed by atoms with Crippen LogP contribution in [0.1, 0.15) is 10.4 Å². The lowest BCUT2D eigenvalue weighted by Gasteiger charge is -2.13. The number of carbonyl (C=O) groups is 2. The summed E-state index contributed by atoms with van der Waals surface area (Å²) in [5.74, 6) is -0.377. The molecule has 2 rings (SSSR count). The van der Waals surface area contributed by atoms with Crippen molar-refractivity contribution in [3.8, 4) is 17.2 Å². The van der Waals surface area contributed by atoms with Crippen LogP contribution in [-0.2, 0) is 9.53 Å². The molecule has 0 fully saturated rings. The van der Waals surface area contributed by atoms with Crippen LogP contribution < -0.4 is 19.5 Å². The van der Waals surface area contributed by atoms with E-state index in [9.17, 15) is 9.59 Å². The zero-order valence-corrected chi connectivity index (χ0v) is 16.3. The fraction of sp³-hybridized carbons (Fsp3) is 0.222. The summed E-state index contributed by atoms with van der Waals surface area (Å²) in [4.78, 5) is 24.3. The van der Waals surface area contributed by atoms with Crippen LogP contribution in [0, 0.1) is 0 Å². The Bertz CT molecular complexity index is 836. The second-order valence-corrected chi connectivity index (χ2v) is 6.06. The van der Waals surface area contributed by atoms with Gasteiger partial charge in [0.2, 0.25) is 0 Å². The summed E-state index contributed by atoms with van der Waals surface area (Å²) >= 11 is 11.7. The van der Waals surface area contributed by atoms with Crippen LogP contribution >= 0.6 is 23.2 Å². The van der Waals surface area contributed by atoms with Gasteiger partial charge in [-0.05, 0) is 18.2 Å². The van der Waals surface area contributed by atoms with Gasteiger partial charge in [0, 0.05) is 27.9 Å². The Labute approximate surface area is 166 Å². The summed E-state index contributed by atoms with van der Waals surface area (Å²) in [6, 6.07) is 7.47. The lowest BCUT2D eigenvalue weighted by atomic mass is 10.1. The van der Waals surface area contributed by atoms with Crippen LogP contribution in [0.15, 0.2) is 30.3 Å². The van der Waals surface area contributed by atoms with Crippen LogP contribution in [0.5, 0.6) is 17.2 Å². The summed E-state index contributed by atoms with van der Waals surface area (Å²) in [6.07, 6.45) is 0. The molecular weight excluding hydrogens is 397 g/mol. The molecule has 0 aliphatic rings. The molecule has 0 unspecified atom stereocenters. The van der Waals surface area contributed by atoms with Gasteiger partial charge in [-0.1, -0.05) is 23.2 Å². The van der Waals surface area contributed by atoms with Crippen LogP contribution in [0.3, 0.4) is 0 Å². The third kappa shape index (κ3) is 5.42. The number of ether oxygens (including phenoxy) is 4. The highest BCUT2D eigenvalue weighted by molar-refractivity contribution is 6.35. The van der Waals surface area contributed by atoms with Gasteiger partial charge in [-0.2, -0.15) is 0 Å². The maximum absolute atomic E-state index is 12.3. The molecule has 0 atom stereocenters. The molecule has 0 heterocycles. The van der Waals surface area contributed by atoms with E-state index < -0.39 is 18.5 Å². The van der Waals surface area contributed by atoms with Gasteiger partial charge in [0.25, 0.3) is 5.91 Å². The third-order valence-electron chi connectivity index (χ3n) is 3.41. The van der Waals surface area contributed by atoms with Gasteiger partial charge in [-0.3, -0.25) is 4.79 Å². The van der Waals surface area contributed by atoms with E-state index >= 15 is 0 Å². The summed E-state index contributed by atoms with van der Waals surface area (Å²) in [6.45, 7) is -0.513. The van der Waals surface area contributed by atoms with Crippen molar-refractivity contribution in [3.63, 3.8) is 0 Å². The minimum absolute atomic E-state index is 0.0914. The molecule has 0 bridgehead atoms. The number of benzene rings is 2. The van der Waals surface area contributed by atoms with Crippen molar-refractivity contribution in [1.82, 2.24) is 0 Å². The molecule has 27 heavy (non-hydrogen) atoms. The number of hydrogen-bond acceptors (Lipinski definition) is 6. The number of halogens is 2. The Morgan fingerprint density at radius 3 is 1.96 bits per heavy atom. The van der Waals surface area contributed by atoms with E-state index in [4.69, 9.17) is 42.1 Å². The van der Waals surface area contributed by atoms with Crippen molar-refractivity contribution in [2.24, 2.45) is 0 Å². The molecule has 2 aromatic rings. The molecule has 0 saturated carbocycles. The second kappa shape index (κ2) is 9.34. The van der Waals surface area contributed by atoms with Crippen molar-refractivity contribution in [2.75, 3.05) is 33.3 Å². The number of esters is 1. The fourth-order valence-corrected chi connectivity index (χ4v) is 2.75. The van der Waals surface area contributed by atoms with Crippen molar-refractivity contribution in [3.05, 3.63) is 45.9 Å². The minimum Gasteiger partial charge on any atom is -0.496 e. The zero-order chi connectivity index (χ0) is 20.0. The second-order valence-electron chi connectivity index (χ2n) is 5.19. The highest BCUT2D eigenvalue weighted by Crippen LogP contribution is 2.34. The molecular formula is C18H17Cl2NO6. The highest BCUT2D eigenvalue weighted by atomic mass is 35.5. The quantitative estimate of drug-likeness (QED) is 0.694. The molecule has 2 aromatic carbocycles. The van der Waals surface area contributed by atoms with Crippen LogP contribution in [0.2, 0.25) is 10.0 Å². The van der Waals surface area contributed by atoms with E-state index in [-0.39, 0.29) is 11.3 Å². The summed E-state index contributed by atoms with van der Waals surface area (Å²) in [5, 5.41) is 3.27. The smallest absolute Gasteiger partial charge is 0.342 e. The van der Waals surface area contributed by atoms with Gasteiger partial charge in [0.15, 0.2) is 18.1 Å². The highest BCUT2D eigenvalue weighted by Gasteiger charge is 2.20. The van der Waals surface area contributed by atoms with Crippen molar-refractivity contribution in [1.29, 1.82) is 0 Å². The van der Waals surface area contributed by atoms with Crippen molar-refractivity contribution < 1.29 is 28.5 Å². The van der Waals surface area contributed by atoms with E-state index in [2.05, 4.69) is 5.32 Å². The average Bonchev–Trinajstić information content (AvgIpc) is 2.63. The topological polar surface area (TPSA) is 83.1 Å². The van der Waals surface area contributed by atoms with Gasteiger partial charge in [0.05, 0.1) is 21.3 Å². The van der Waals surface area contributed by atoms with Crippen LogP contribution in [0.4, 0.5) is 5.69 Å². The maximum Gasteiger partial charge on any atom is 0.342 e. The number of amides is 1. The SMILES string of the molecule is COc1cc(OC)c(C(=O)OCC(=O)Nc2cc(Cl)cc(Cl)c2)cc1OC. The first-order chi connectivity index (χ1) is 12.9. The van der Waals surface area contributed by atoms with E-state index in [1.165, 1.54) is 51.7 Å². The number of rotatable bonds is 7. The van der Waals surface area contributed by atoms with E-state index in [0.29, 0.717) is 27.2 Å². The van der Waals surface area contributed by atoms with Gasteiger partial charge in [-0.15, -0.1) is 0 Å². The number of nitrogens with one attached hydrogen (secondary N) is 1. The Morgan fingerprint density at radius 2 is 1.41 bits per heavy atom. The zero-order valence-electron chi connectivity index (χ0n) is 14.8. The third-order valence-corrected chi connectivity index (χ3v) is 3.84. The predicted molar refractivity (Wildman–Crippen MR) is 101 cm³/mol. The van der Waals surface area contributed by atoms with E-state index in [0.717, 1.165) is 0 Å². The fourth-order valence-electron chi connectivity index (χ4n) is 2.22. The lowest BCUT2D eigenvalue weighted by molar-refractivity contribution is -0.119. The standard InChI is InChI=1S/C18H17Cl2NO6/c1-24-14-8-16(26-3)15(25-2)7-13(14)18(23)27-9-17(22)21-12-5-10(19)4-11(20)6-12/h4-8H,9H2,1-3H3,(H,21,22). The molecule has 9 heteroatoms. The first-order valence-corrected chi connectivity index (χ1v) is 8.36. The molecule has 0 spiro atoms. The number of anilines is 1. The Kier molecular flexibility index (Phi) is 7.15. The Hall–Kier alpha value is -2.64. The molecule has 0 saturated heterocycles. The monoisotopic (exact) mass is 413 g/mol. The van der Waals surface area contributed by atoms with Crippen molar-refractivity contribution >= 4 is 40.8 Å². The molecule has 0 radical (unpaired) electrons. The lowest BCUT2D eigenvalue weighted by Crippen LogP contribution is -2.21. The molecule has 1 N–H and O–H groups in total. The Morgan fingerprint density at radius 1 is 0.852 bits per heavy atom. The summed E-state index contributed by atoms with van der Waals surface area (Å²) < 4.78 is 20.5. The predicted octanol–water partition coefficient (Wildman–Crippen LogP) is 3.81. The minimum atomic E-state index is -0.757.